The molecule has 2 bridgehead atoms. The van der Waals surface area contributed by atoms with Crippen LogP contribution in [-0.2, 0) is 0 Å². The third kappa shape index (κ3) is 2.81. The Morgan fingerprint density at radius 3 is 2.68 bits per heavy atom. The van der Waals surface area contributed by atoms with E-state index in [-0.39, 0.29) is 11.9 Å². The normalized spacial score (nSPS) is 27.7. The zero-order valence-corrected chi connectivity index (χ0v) is 14.0. The first-order valence-corrected chi connectivity index (χ1v) is 8.27. The highest BCUT2D eigenvalue weighted by Crippen LogP contribution is 2.49. The molecule has 0 spiro atoms. The molecule has 1 N–H and O–H groups in total. The number of carbonyl (C=O) groups is 1. The van der Waals surface area contributed by atoms with Gasteiger partial charge in [-0.25, -0.2) is 9.97 Å². The van der Waals surface area contributed by atoms with E-state index in [0.717, 1.165) is 17.5 Å². The van der Waals surface area contributed by atoms with Crippen LogP contribution in [0.5, 0.6) is 0 Å². The molecule has 2 fully saturated rings. The van der Waals surface area contributed by atoms with Gasteiger partial charge in [-0.3, -0.25) is 4.79 Å². The van der Waals surface area contributed by atoms with E-state index >= 15 is 0 Å². The van der Waals surface area contributed by atoms with Gasteiger partial charge in [-0.05, 0) is 50.9 Å². The van der Waals surface area contributed by atoms with E-state index in [1.807, 2.05) is 25.9 Å². The SMILES string of the molecule is Cc1nc(N(C)C)ncc1C(=O)N[C@@H](C)[C@@H]1C[C@H]2CC[C@H]1C2. The zero-order chi connectivity index (χ0) is 15.9. The summed E-state index contributed by atoms with van der Waals surface area (Å²) in [4.78, 5) is 23.0. The number of hydrogen-bond acceptors (Lipinski definition) is 4. The molecule has 0 aliphatic heterocycles. The molecule has 2 aliphatic carbocycles. The van der Waals surface area contributed by atoms with Gasteiger partial charge in [0.1, 0.15) is 0 Å². The summed E-state index contributed by atoms with van der Waals surface area (Å²) in [7, 11) is 3.79. The van der Waals surface area contributed by atoms with Gasteiger partial charge in [-0.2, -0.15) is 0 Å². The lowest BCUT2D eigenvalue weighted by atomic mass is 9.84. The summed E-state index contributed by atoms with van der Waals surface area (Å²) < 4.78 is 0. The fraction of sp³-hybridized carbons (Fsp3) is 0.706. The van der Waals surface area contributed by atoms with Crippen LogP contribution in [0.1, 0.15) is 48.7 Å². The van der Waals surface area contributed by atoms with Gasteiger partial charge >= 0.3 is 0 Å². The molecule has 0 radical (unpaired) electrons. The molecule has 1 amide bonds. The van der Waals surface area contributed by atoms with Crippen molar-refractivity contribution in [1.29, 1.82) is 0 Å². The maximum atomic E-state index is 12.5. The number of anilines is 1. The molecule has 5 heteroatoms. The summed E-state index contributed by atoms with van der Waals surface area (Å²) in [5, 5.41) is 3.18. The number of rotatable bonds is 4. The van der Waals surface area contributed by atoms with Crippen LogP contribution in [0.25, 0.3) is 0 Å². The van der Waals surface area contributed by atoms with Crippen molar-refractivity contribution < 1.29 is 4.79 Å². The Labute approximate surface area is 132 Å². The molecule has 22 heavy (non-hydrogen) atoms. The number of aromatic nitrogens is 2. The molecular weight excluding hydrogens is 276 g/mol. The molecule has 2 saturated carbocycles. The Hall–Kier alpha value is -1.65. The maximum absolute atomic E-state index is 12.5. The van der Waals surface area contributed by atoms with Gasteiger partial charge in [0.05, 0.1) is 11.3 Å². The summed E-state index contributed by atoms with van der Waals surface area (Å²) in [6.07, 6.45) is 7.02. The Bertz CT molecular complexity index is 572. The molecule has 120 valence electrons. The van der Waals surface area contributed by atoms with Crippen molar-refractivity contribution in [3.63, 3.8) is 0 Å². The molecule has 5 nitrogen and oxygen atoms in total. The minimum atomic E-state index is -0.0434. The number of carbonyl (C=O) groups excluding carboxylic acids is 1. The summed E-state index contributed by atoms with van der Waals surface area (Å²) in [6.45, 7) is 4.01. The van der Waals surface area contributed by atoms with Crippen molar-refractivity contribution >= 4 is 11.9 Å². The third-order valence-electron chi connectivity index (χ3n) is 5.41. The van der Waals surface area contributed by atoms with Crippen molar-refractivity contribution in [2.24, 2.45) is 17.8 Å². The van der Waals surface area contributed by atoms with E-state index in [2.05, 4.69) is 22.2 Å². The van der Waals surface area contributed by atoms with Gasteiger partial charge in [0.15, 0.2) is 0 Å². The molecule has 1 aromatic heterocycles. The number of amides is 1. The lowest BCUT2D eigenvalue weighted by Gasteiger charge is -2.28. The topological polar surface area (TPSA) is 58.1 Å². The maximum Gasteiger partial charge on any atom is 0.254 e. The number of aryl methyl sites for hydroxylation is 1. The van der Waals surface area contributed by atoms with Gasteiger partial charge in [0.2, 0.25) is 5.95 Å². The fourth-order valence-electron chi connectivity index (χ4n) is 4.19. The lowest BCUT2D eigenvalue weighted by Crippen LogP contribution is -2.40. The highest BCUT2D eigenvalue weighted by molar-refractivity contribution is 5.95. The van der Waals surface area contributed by atoms with Crippen molar-refractivity contribution in [3.05, 3.63) is 17.5 Å². The summed E-state index contributed by atoms with van der Waals surface area (Å²) >= 11 is 0. The van der Waals surface area contributed by atoms with Crippen LogP contribution in [0.2, 0.25) is 0 Å². The second-order valence-electron chi connectivity index (χ2n) is 7.16. The monoisotopic (exact) mass is 302 g/mol. The molecule has 2 aliphatic rings. The van der Waals surface area contributed by atoms with Gasteiger partial charge < -0.3 is 10.2 Å². The molecule has 1 aromatic rings. The zero-order valence-electron chi connectivity index (χ0n) is 14.0. The average molecular weight is 302 g/mol. The van der Waals surface area contributed by atoms with E-state index in [0.29, 0.717) is 17.4 Å². The molecule has 0 aromatic carbocycles. The number of fused-ring (bicyclic) bond motifs is 2. The van der Waals surface area contributed by atoms with Gasteiger partial charge in [-0.1, -0.05) is 6.42 Å². The number of hydrogen-bond donors (Lipinski definition) is 1. The number of nitrogens with zero attached hydrogens (tertiary/aromatic N) is 3. The fourth-order valence-corrected chi connectivity index (χ4v) is 4.19. The minimum Gasteiger partial charge on any atom is -0.349 e. The summed E-state index contributed by atoms with van der Waals surface area (Å²) in [5.41, 5.74) is 1.32. The van der Waals surface area contributed by atoms with Crippen molar-refractivity contribution in [1.82, 2.24) is 15.3 Å². The van der Waals surface area contributed by atoms with Gasteiger partial charge in [-0.15, -0.1) is 0 Å². The molecule has 3 rings (SSSR count). The first-order chi connectivity index (χ1) is 10.5. The Kier molecular flexibility index (Phi) is 4.06. The van der Waals surface area contributed by atoms with Crippen LogP contribution in [0.15, 0.2) is 6.20 Å². The Morgan fingerprint density at radius 1 is 1.36 bits per heavy atom. The predicted molar refractivity (Wildman–Crippen MR) is 87.0 cm³/mol. The minimum absolute atomic E-state index is 0.0434. The van der Waals surface area contributed by atoms with Crippen molar-refractivity contribution in [2.75, 3.05) is 19.0 Å². The highest BCUT2D eigenvalue weighted by Gasteiger charge is 2.42. The van der Waals surface area contributed by atoms with E-state index in [4.69, 9.17) is 0 Å². The molecule has 1 heterocycles. The van der Waals surface area contributed by atoms with Gasteiger partial charge in [0, 0.05) is 26.3 Å². The second kappa shape index (κ2) is 5.86. The van der Waals surface area contributed by atoms with Crippen molar-refractivity contribution in [3.8, 4) is 0 Å². The van der Waals surface area contributed by atoms with Crippen LogP contribution in [0, 0.1) is 24.7 Å². The van der Waals surface area contributed by atoms with Crippen LogP contribution >= 0.6 is 0 Å². The second-order valence-corrected chi connectivity index (χ2v) is 7.16. The first kappa shape index (κ1) is 15.3. The molecular formula is C17H26N4O. The van der Waals surface area contributed by atoms with Gasteiger partial charge in [0.25, 0.3) is 5.91 Å². The summed E-state index contributed by atoms with van der Waals surface area (Å²) in [5.74, 6) is 2.95. The Balaban J connectivity index is 1.66. The third-order valence-corrected chi connectivity index (χ3v) is 5.41. The van der Waals surface area contributed by atoms with Crippen LogP contribution in [0.3, 0.4) is 0 Å². The molecule has 0 saturated heterocycles. The van der Waals surface area contributed by atoms with Crippen LogP contribution in [-0.4, -0.2) is 36.0 Å². The first-order valence-electron chi connectivity index (χ1n) is 8.27. The Morgan fingerprint density at radius 2 is 2.14 bits per heavy atom. The lowest BCUT2D eigenvalue weighted by molar-refractivity contribution is 0.0914. The average Bonchev–Trinajstić information content (AvgIpc) is 3.09. The largest absolute Gasteiger partial charge is 0.349 e. The van der Waals surface area contributed by atoms with Crippen molar-refractivity contribution in [2.45, 2.75) is 45.6 Å². The predicted octanol–water partition coefficient (Wildman–Crippen LogP) is 2.41. The quantitative estimate of drug-likeness (QED) is 0.928. The number of nitrogens with one attached hydrogen (secondary N) is 1. The van der Waals surface area contributed by atoms with E-state index in [1.165, 1.54) is 25.7 Å². The van der Waals surface area contributed by atoms with Crippen LogP contribution in [0.4, 0.5) is 5.95 Å². The van der Waals surface area contributed by atoms with Crippen LogP contribution < -0.4 is 10.2 Å². The summed E-state index contributed by atoms with van der Waals surface area (Å²) in [6, 6.07) is 0.232. The van der Waals surface area contributed by atoms with E-state index in [1.54, 1.807) is 6.20 Å². The smallest absolute Gasteiger partial charge is 0.254 e. The molecule has 0 unspecified atom stereocenters. The standard InChI is InChI=1S/C17H26N4O/c1-10(14-8-12-5-6-13(14)7-12)19-16(22)15-9-18-17(21(3)4)20-11(15)2/h9-10,12-14H,5-8H2,1-4H3,(H,19,22)/t10-,12-,13-,14-/m0/s1. The highest BCUT2D eigenvalue weighted by atomic mass is 16.1. The van der Waals surface area contributed by atoms with E-state index < -0.39 is 0 Å². The van der Waals surface area contributed by atoms with E-state index in [9.17, 15) is 4.79 Å². The molecule has 4 atom stereocenters.